The molecule has 0 unspecified atom stereocenters. The van der Waals surface area contributed by atoms with Gasteiger partial charge in [-0.05, 0) is 50.5 Å². The van der Waals surface area contributed by atoms with Crippen molar-refractivity contribution in [2.45, 2.75) is 26.2 Å². The fraction of sp³-hybridized carbons (Fsp3) is 0.375. The zero-order chi connectivity index (χ0) is 15.2. The van der Waals surface area contributed by atoms with Gasteiger partial charge in [0.2, 0.25) is 0 Å². The first-order valence-corrected chi connectivity index (χ1v) is 7.07. The van der Waals surface area contributed by atoms with E-state index in [1.54, 1.807) is 17.0 Å². The Hall–Kier alpha value is -2.30. The Morgan fingerprint density at radius 3 is 2.52 bits per heavy atom. The molecule has 1 N–H and O–H groups in total. The number of nitrogens with zero attached hydrogens (tertiary/aromatic N) is 1. The summed E-state index contributed by atoms with van der Waals surface area (Å²) in [5.74, 6) is -0.569. The molecule has 0 atom stereocenters. The number of benzene rings is 1. The van der Waals surface area contributed by atoms with Crippen molar-refractivity contribution < 1.29 is 19.4 Å². The van der Waals surface area contributed by atoms with Crippen molar-refractivity contribution in [2.24, 2.45) is 0 Å². The number of carbonyl (C=O) groups excluding carboxylic acids is 1. The van der Waals surface area contributed by atoms with Gasteiger partial charge in [0, 0.05) is 12.2 Å². The average Bonchev–Trinajstić information content (AvgIpc) is 3.00. The third kappa shape index (κ3) is 3.84. The Balaban J connectivity index is 1.92. The minimum Gasteiger partial charge on any atom is -0.484 e. The first-order valence-electron chi connectivity index (χ1n) is 7.07. The Bertz CT molecular complexity index is 548. The summed E-state index contributed by atoms with van der Waals surface area (Å²) in [4.78, 5) is 24.7. The lowest BCUT2D eigenvalue weighted by Gasteiger charge is -2.22. The fourth-order valence-corrected chi connectivity index (χ4v) is 2.36. The monoisotopic (exact) mass is 289 g/mol. The van der Waals surface area contributed by atoms with Gasteiger partial charge in [-0.3, -0.25) is 4.79 Å². The molecule has 1 aromatic rings. The predicted octanol–water partition coefficient (Wildman–Crippen LogP) is 2.68. The molecule has 0 radical (unpaired) electrons. The zero-order valence-electron chi connectivity index (χ0n) is 12.0. The number of amides is 1. The first-order chi connectivity index (χ1) is 10.1. The van der Waals surface area contributed by atoms with Gasteiger partial charge in [-0.1, -0.05) is 6.08 Å². The zero-order valence-corrected chi connectivity index (χ0v) is 12.0. The lowest BCUT2D eigenvalue weighted by atomic mass is 10.2. The minimum atomic E-state index is -0.983. The Labute approximate surface area is 123 Å². The van der Waals surface area contributed by atoms with Crippen molar-refractivity contribution in [1.29, 1.82) is 0 Å². The minimum absolute atomic E-state index is 0.0440. The van der Waals surface area contributed by atoms with Crippen LogP contribution in [0.25, 0.3) is 0 Å². The molecule has 0 saturated carbocycles. The molecule has 5 nitrogen and oxygen atoms in total. The largest absolute Gasteiger partial charge is 0.484 e. The highest BCUT2D eigenvalue weighted by atomic mass is 16.5. The molecule has 0 spiro atoms. The van der Waals surface area contributed by atoms with Gasteiger partial charge in [-0.25, -0.2) is 4.79 Å². The van der Waals surface area contributed by atoms with Crippen LogP contribution in [0, 0.1) is 0 Å². The number of hydrogen-bond acceptors (Lipinski definition) is 3. The number of carboxylic acid groups (broad SMARTS) is 1. The summed E-state index contributed by atoms with van der Waals surface area (Å²) in [6.45, 7) is 2.53. The van der Waals surface area contributed by atoms with Crippen LogP contribution in [0.15, 0.2) is 36.0 Å². The molecule has 1 aromatic carbocycles. The van der Waals surface area contributed by atoms with Gasteiger partial charge in [0.1, 0.15) is 5.75 Å². The fourth-order valence-electron chi connectivity index (χ4n) is 2.36. The van der Waals surface area contributed by atoms with Crippen molar-refractivity contribution in [3.63, 3.8) is 0 Å². The summed E-state index contributed by atoms with van der Waals surface area (Å²) in [6.07, 6.45) is 5.16. The van der Waals surface area contributed by atoms with Crippen molar-refractivity contribution in [3.05, 3.63) is 41.6 Å². The summed E-state index contributed by atoms with van der Waals surface area (Å²) < 4.78 is 5.43. The Kier molecular flexibility index (Phi) is 4.98. The maximum absolute atomic E-state index is 12.2. The van der Waals surface area contributed by atoms with Crippen LogP contribution in [0.2, 0.25) is 0 Å². The summed E-state index contributed by atoms with van der Waals surface area (Å²) in [5, 5.41) is 8.81. The van der Waals surface area contributed by atoms with Crippen LogP contribution >= 0.6 is 0 Å². The number of likely N-dealkylation sites (N-methyl/N-ethyl adjacent to an activating group) is 1. The van der Waals surface area contributed by atoms with Crippen LogP contribution in [0.3, 0.4) is 0 Å². The van der Waals surface area contributed by atoms with Crippen molar-refractivity contribution in [3.8, 4) is 5.75 Å². The number of aromatic carboxylic acids is 1. The van der Waals surface area contributed by atoms with Crippen LogP contribution in [0.4, 0.5) is 0 Å². The van der Waals surface area contributed by atoms with Gasteiger partial charge in [0.05, 0.1) is 5.56 Å². The molecule has 1 aliphatic rings. The molecular weight excluding hydrogens is 270 g/mol. The molecule has 0 aromatic heterocycles. The lowest BCUT2D eigenvalue weighted by molar-refractivity contribution is -0.131. The molecule has 0 saturated heterocycles. The molecule has 1 aliphatic carbocycles. The Morgan fingerprint density at radius 2 is 2.00 bits per heavy atom. The second-order valence-electron chi connectivity index (χ2n) is 4.84. The topological polar surface area (TPSA) is 66.8 Å². The normalized spacial score (nSPS) is 13.7. The molecule has 1 amide bonds. The van der Waals surface area contributed by atoms with E-state index in [-0.39, 0.29) is 18.1 Å². The summed E-state index contributed by atoms with van der Waals surface area (Å²) in [5.41, 5.74) is 1.27. The lowest BCUT2D eigenvalue weighted by Crippen LogP contribution is -2.33. The van der Waals surface area contributed by atoms with Gasteiger partial charge in [-0.15, -0.1) is 0 Å². The van der Waals surface area contributed by atoms with E-state index >= 15 is 0 Å². The number of carboxylic acids is 1. The van der Waals surface area contributed by atoms with Gasteiger partial charge >= 0.3 is 5.97 Å². The molecule has 0 fully saturated rings. The van der Waals surface area contributed by atoms with Crippen molar-refractivity contribution >= 4 is 11.9 Å². The van der Waals surface area contributed by atoms with E-state index in [4.69, 9.17) is 9.84 Å². The third-order valence-electron chi connectivity index (χ3n) is 3.44. The van der Waals surface area contributed by atoms with Crippen LogP contribution in [-0.4, -0.2) is 35.0 Å². The van der Waals surface area contributed by atoms with E-state index in [1.807, 2.05) is 6.92 Å². The maximum Gasteiger partial charge on any atom is 0.335 e. The number of allylic oxidation sites excluding steroid dienone is 2. The van der Waals surface area contributed by atoms with E-state index in [2.05, 4.69) is 6.08 Å². The van der Waals surface area contributed by atoms with E-state index in [0.29, 0.717) is 12.3 Å². The van der Waals surface area contributed by atoms with Gasteiger partial charge in [-0.2, -0.15) is 0 Å². The quantitative estimate of drug-likeness (QED) is 0.874. The van der Waals surface area contributed by atoms with Crippen LogP contribution < -0.4 is 4.74 Å². The van der Waals surface area contributed by atoms with E-state index in [0.717, 1.165) is 25.0 Å². The van der Waals surface area contributed by atoms with Crippen LogP contribution in [0.1, 0.15) is 36.5 Å². The van der Waals surface area contributed by atoms with Gasteiger partial charge in [0.25, 0.3) is 5.91 Å². The highest BCUT2D eigenvalue weighted by Crippen LogP contribution is 2.21. The van der Waals surface area contributed by atoms with Crippen molar-refractivity contribution in [2.75, 3.05) is 13.2 Å². The highest BCUT2D eigenvalue weighted by molar-refractivity contribution is 5.87. The standard InChI is InChI=1S/C16H19NO4/c1-2-17(13-5-3-4-6-13)15(18)11-21-14-9-7-12(8-10-14)16(19)20/h5,7-10H,2-4,6,11H2,1H3,(H,19,20). The van der Waals surface area contributed by atoms with E-state index in [1.165, 1.54) is 12.1 Å². The maximum atomic E-state index is 12.2. The van der Waals surface area contributed by atoms with E-state index in [9.17, 15) is 9.59 Å². The summed E-state index contributed by atoms with van der Waals surface area (Å²) in [7, 11) is 0. The average molecular weight is 289 g/mol. The number of carbonyl (C=O) groups is 2. The highest BCUT2D eigenvalue weighted by Gasteiger charge is 2.18. The molecule has 2 rings (SSSR count). The molecule has 0 aliphatic heterocycles. The Morgan fingerprint density at radius 1 is 1.29 bits per heavy atom. The SMILES string of the molecule is CCN(C(=O)COc1ccc(C(=O)O)cc1)C1=CCCC1. The number of rotatable bonds is 6. The van der Waals surface area contributed by atoms with Gasteiger partial charge in [0.15, 0.2) is 6.61 Å². The second kappa shape index (κ2) is 6.92. The number of hydrogen-bond donors (Lipinski definition) is 1. The third-order valence-corrected chi connectivity index (χ3v) is 3.44. The first kappa shape index (κ1) is 15.1. The summed E-state index contributed by atoms with van der Waals surface area (Å²) >= 11 is 0. The summed E-state index contributed by atoms with van der Waals surface area (Å²) in [6, 6.07) is 6.03. The van der Waals surface area contributed by atoms with Gasteiger partial charge < -0.3 is 14.7 Å². The van der Waals surface area contributed by atoms with E-state index < -0.39 is 5.97 Å². The van der Waals surface area contributed by atoms with Crippen LogP contribution in [0.5, 0.6) is 5.75 Å². The van der Waals surface area contributed by atoms with Crippen LogP contribution in [-0.2, 0) is 4.79 Å². The molecule has 21 heavy (non-hydrogen) atoms. The smallest absolute Gasteiger partial charge is 0.335 e. The molecule has 5 heteroatoms. The van der Waals surface area contributed by atoms with Crippen molar-refractivity contribution in [1.82, 2.24) is 4.90 Å². The number of ether oxygens (including phenoxy) is 1. The molecular formula is C16H19NO4. The molecule has 0 heterocycles. The predicted molar refractivity (Wildman–Crippen MR) is 78.2 cm³/mol. The molecule has 0 bridgehead atoms. The molecule has 112 valence electrons. The second-order valence-corrected chi connectivity index (χ2v) is 4.84.